The second-order valence-electron chi connectivity index (χ2n) is 7.46. The minimum atomic E-state index is 1.06. The van der Waals surface area contributed by atoms with Crippen molar-refractivity contribution >= 4 is 28.0 Å². The second kappa shape index (κ2) is 7.35. The average molecular weight is 365 g/mol. The molecule has 1 aliphatic heterocycles. The lowest BCUT2D eigenvalue weighted by molar-refractivity contribution is -0.906. The standard InChI is InChI=1S/C22H27N5/c1-5-27(6-2)12-11-25-22-20-15(4)19-17-13-23-9-8-18(17)26-21(19)14(3)16(20)7-10-24-22/h7-10,13,26H,5-6,11-12H2,1-4H3,(H,24,25)/p+3. The van der Waals surface area contributed by atoms with Crippen molar-refractivity contribution in [2.45, 2.75) is 27.7 Å². The SMILES string of the molecule is CC[NH+](CC)CC[NH2+]c1nccc2c(C)c3c(c(C)c12)-c1cnccc1[NH2+]3. The molecule has 0 spiro atoms. The Labute approximate surface area is 160 Å². The predicted molar refractivity (Wildman–Crippen MR) is 109 cm³/mol. The molecule has 0 amide bonds. The third-order valence-corrected chi connectivity index (χ3v) is 6.07. The summed E-state index contributed by atoms with van der Waals surface area (Å²) in [5, 5.41) is 7.25. The highest BCUT2D eigenvalue weighted by Crippen LogP contribution is 2.44. The van der Waals surface area contributed by atoms with Gasteiger partial charge in [-0.25, -0.2) is 4.98 Å². The summed E-state index contributed by atoms with van der Waals surface area (Å²) in [6.07, 6.45) is 5.84. The van der Waals surface area contributed by atoms with Crippen molar-refractivity contribution in [1.82, 2.24) is 9.97 Å². The molecule has 0 atom stereocenters. The number of benzene rings is 1. The molecule has 5 N–H and O–H groups in total. The molecule has 3 aromatic rings. The number of nitrogens with zero attached hydrogens (tertiary/aromatic N) is 2. The van der Waals surface area contributed by atoms with E-state index in [-0.39, 0.29) is 0 Å². The van der Waals surface area contributed by atoms with Crippen molar-refractivity contribution in [3.63, 3.8) is 0 Å². The Morgan fingerprint density at radius 2 is 1.89 bits per heavy atom. The van der Waals surface area contributed by atoms with E-state index in [4.69, 9.17) is 4.98 Å². The lowest BCUT2D eigenvalue weighted by Gasteiger charge is -2.15. The smallest absolute Gasteiger partial charge is 0.232 e. The molecule has 0 bridgehead atoms. The quantitative estimate of drug-likeness (QED) is 0.445. The first-order valence-corrected chi connectivity index (χ1v) is 10.0. The lowest BCUT2D eigenvalue weighted by atomic mass is 9.92. The Morgan fingerprint density at radius 3 is 2.67 bits per heavy atom. The van der Waals surface area contributed by atoms with Gasteiger partial charge in [0.15, 0.2) is 0 Å². The van der Waals surface area contributed by atoms with Crippen molar-refractivity contribution in [2.24, 2.45) is 0 Å². The molecule has 5 heteroatoms. The summed E-state index contributed by atoms with van der Waals surface area (Å²) >= 11 is 0. The number of fused-ring (bicyclic) bond motifs is 4. The minimum absolute atomic E-state index is 1.06. The number of hydrogen-bond acceptors (Lipinski definition) is 2. The summed E-state index contributed by atoms with van der Waals surface area (Å²) in [6.45, 7) is 13.6. The second-order valence-corrected chi connectivity index (χ2v) is 7.46. The lowest BCUT2D eigenvalue weighted by Crippen LogP contribution is -3.13. The number of pyridine rings is 2. The van der Waals surface area contributed by atoms with Crippen LogP contribution in [-0.4, -0.2) is 36.1 Å². The number of quaternary nitrogens is 3. The fourth-order valence-corrected chi connectivity index (χ4v) is 4.44. The number of likely N-dealkylation sites (N-methyl/N-ethyl adjacent to an activating group) is 1. The van der Waals surface area contributed by atoms with Gasteiger partial charge in [-0.3, -0.25) is 15.6 Å². The zero-order valence-corrected chi connectivity index (χ0v) is 16.8. The van der Waals surface area contributed by atoms with Gasteiger partial charge in [-0.2, -0.15) is 0 Å². The van der Waals surface area contributed by atoms with Crippen molar-refractivity contribution < 1.29 is 15.5 Å². The van der Waals surface area contributed by atoms with Crippen LogP contribution in [0, 0.1) is 13.8 Å². The van der Waals surface area contributed by atoms with Gasteiger partial charge in [0, 0.05) is 35.6 Å². The molecule has 0 saturated heterocycles. The maximum atomic E-state index is 4.75. The van der Waals surface area contributed by atoms with Crippen LogP contribution in [0.4, 0.5) is 17.2 Å². The highest BCUT2D eigenvalue weighted by Gasteiger charge is 2.30. The molecule has 1 aromatic carbocycles. The number of aryl methyl sites for hydroxylation is 2. The van der Waals surface area contributed by atoms with Crippen molar-refractivity contribution in [3.05, 3.63) is 41.9 Å². The van der Waals surface area contributed by atoms with Gasteiger partial charge in [0.2, 0.25) is 5.82 Å². The van der Waals surface area contributed by atoms with Crippen LogP contribution in [0.25, 0.3) is 21.9 Å². The molecule has 3 heterocycles. The van der Waals surface area contributed by atoms with Crippen LogP contribution in [0.5, 0.6) is 0 Å². The molecular formula is C22H30N5+3. The molecule has 2 aromatic heterocycles. The maximum Gasteiger partial charge on any atom is 0.232 e. The van der Waals surface area contributed by atoms with Crippen LogP contribution in [0.1, 0.15) is 25.0 Å². The Hall–Kier alpha value is -2.34. The van der Waals surface area contributed by atoms with E-state index in [1.807, 2.05) is 18.6 Å². The third kappa shape index (κ3) is 3.02. The summed E-state index contributed by atoms with van der Waals surface area (Å²) in [7, 11) is 0. The van der Waals surface area contributed by atoms with Crippen molar-refractivity contribution in [1.29, 1.82) is 0 Å². The molecule has 4 rings (SSSR count). The van der Waals surface area contributed by atoms with Gasteiger partial charge in [0.05, 0.1) is 29.6 Å². The number of nitrogens with two attached hydrogens (primary N) is 2. The fourth-order valence-electron chi connectivity index (χ4n) is 4.44. The van der Waals surface area contributed by atoms with Gasteiger partial charge in [0.25, 0.3) is 0 Å². The third-order valence-electron chi connectivity index (χ3n) is 6.07. The van der Waals surface area contributed by atoms with Gasteiger partial charge < -0.3 is 4.90 Å². The topological polar surface area (TPSA) is 63.4 Å². The van der Waals surface area contributed by atoms with E-state index >= 15 is 0 Å². The minimum Gasteiger partial charge on any atom is -0.331 e. The molecule has 0 aliphatic carbocycles. The van der Waals surface area contributed by atoms with Gasteiger partial charge >= 0.3 is 0 Å². The summed E-state index contributed by atoms with van der Waals surface area (Å²) in [5.74, 6) is 1.12. The highest BCUT2D eigenvalue weighted by atomic mass is 15.1. The zero-order chi connectivity index (χ0) is 19.0. The van der Waals surface area contributed by atoms with Crippen molar-refractivity contribution in [2.75, 3.05) is 26.2 Å². The van der Waals surface area contributed by atoms with Gasteiger partial charge in [0.1, 0.15) is 24.5 Å². The molecule has 0 unspecified atom stereocenters. The van der Waals surface area contributed by atoms with Crippen LogP contribution in [-0.2, 0) is 0 Å². The van der Waals surface area contributed by atoms with E-state index in [1.165, 1.54) is 57.5 Å². The summed E-state index contributed by atoms with van der Waals surface area (Å²) in [6, 6.07) is 4.27. The Kier molecular flexibility index (Phi) is 4.91. The molecule has 5 nitrogen and oxygen atoms in total. The summed E-state index contributed by atoms with van der Waals surface area (Å²) < 4.78 is 0. The monoisotopic (exact) mass is 364 g/mol. The van der Waals surface area contributed by atoms with Crippen LogP contribution < -0.4 is 15.5 Å². The number of hydrogen-bond donors (Lipinski definition) is 3. The van der Waals surface area contributed by atoms with Crippen LogP contribution in [0.15, 0.2) is 30.7 Å². The predicted octanol–water partition coefficient (Wildman–Crippen LogP) is 0.873. The van der Waals surface area contributed by atoms with Crippen LogP contribution in [0.3, 0.4) is 0 Å². The number of aromatic nitrogens is 2. The van der Waals surface area contributed by atoms with E-state index in [0.717, 1.165) is 18.9 Å². The summed E-state index contributed by atoms with van der Waals surface area (Å²) in [5.41, 5.74) is 7.85. The summed E-state index contributed by atoms with van der Waals surface area (Å²) in [4.78, 5) is 10.8. The van der Waals surface area contributed by atoms with Crippen molar-refractivity contribution in [3.8, 4) is 11.1 Å². The van der Waals surface area contributed by atoms with Crippen LogP contribution >= 0.6 is 0 Å². The zero-order valence-electron chi connectivity index (χ0n) is 16.8. The largest absolute Gasteiger partial charge is 0.331 e. The molecule has 0 radical (unpaired) electrons. The molecule has 140 valence electrons. The Bertz CT molecular complexity index is 992. The molecule has 0 saturated carbocycles. The van der Waals surface area contributed by atoms with Gasteiger partial charge in [-0.15, -0.1) is 0 Å². The molecular weight excluding hydrogens is 334 g/mol. The van der Waals surface area contributed by atoms with Gasteiger partial charge in [-0.05, 0) is 39.3 Å². The Morgan fingerprint density at radius 1 is 1.07 bits per heavy atom. The molecule has 27 heavy (non-hydrogen) atoms. The normalized spacial score (nSPS) is 12.6. The molecule has 1 aliphatic rings. The highest BCUT2D eigenvalue weighted by molar-refractivity contribution is 6.04. The first-order valence-electron chi connectivity index (χ1n) is 10.0. The van der Waals surface area contributed by atoms with Crippen LogP contribution in [0.2, 0.25) is 0 Å². The number of nitrogens with one attached hydrogen (secondary N) is 1. The maximum absolute atomic E-state index is 4.75. The van der Waals surface area contributed by atoms with E-state index in [9.17, 15) is 0 Å². The fraction of sp³-hybridized carbons (Fsp3) is 0.364. The first kappa shape index (κ1) is 18.0. The van der Waals surface area contributed by atoms with E-state index in [2.05, 4.69) is 55.4 Å². The van der Waals surface area contributed by atoms with E-state index in [0.29, 0.717) is 0 Å². The number of rotatable bonds is 6. The first-order chi connectivity index (χ1) is 13.2. The van der Waals surface area contributed by atoms with E-state index in [1.54, 1.807) is 4.90 Å². The average Bonchev–Trinajstić information content (AvgIpc) is 3.09. The van der Waals surface area contributed by atoms with Gasteiger partial charge in [-0.1, -0.05) is 0 Å². The van der Waals surface area contributed by atoms with E-state index < -0.39 is 0 Å². The molecule has 0 fully saturated rings. The Balaban J connectivity index is 1.79.